The van der Waals surface area contributed by atoms with Crippen molar-refractivity contribution in [2.75, 3.05) is 26.4 Å². The Hall–Kier alpha value is -1.07. The average Bonchev–Trinajstić information content (AvgIpc) is 3.38. The fourth-order valence-corrected chi connectivity index (χ4v) is 10.3. The second-order valence-corrected chi connectivity index (χ2v) is 22.2. The summed E-state index contributed by atoms with van der Waals surface area (Å²) in [7, 11) is 0. The summed E-state index contributed by atoms with van der Waals surface area (Å²) in [5.74, 6) is -0.303. The Bertz CT molecular complexity index is 1120. The Kier molecular flexibility index (Phi) is 52.4. The second kappa shape index (κ2) is 54.7. The minimum atomic E-state index is -1.53. The summed E-state index contributed by atoms with van der Waals surface area (Å²) >= 11 is 0. The van der Waals surface area contributed by atoms with E-state index >= 15 is 0 Å². The molecule has 0 aromatic rings. The number of aliphatic hydroxyl groups is 4. The Balaban J connectivity index is 2.10. The van der Waals surface area contributed by atoms with E-state index < -0.39 is 43.4 Å². The molecule has 0 aromatic heterocycles. The minimum Gasteiger partial charge on any atom is -0.457 e. The van der Waals surface area contributed by atoms with Crippen LogP contribution in [0, 0.1) is 0 Å². The third kappa shape index (κ3) is 44.1. The molecular weight excluding hydrogens is 901 g/mol. The Morgan fingerprint density at radius 3 is 1.12 bits per heavy atom. The number of unbranched alkanes of at least 4 members (excludes halogenated alkanes) is 44. The van der Waals surface area contributed by atoms with Gasteiger partial charge in [0, 0.05) is 13.0 Å². The first-order valence-corrected chi connectivity index (χ1v) is 31.8. The molecule has 1 fully saturated rings. The number of hydrogen-bond donors (Lipinski definition) is 4. The smallest absolute Gasteiger partial charge is 0.306 e. The van der Waals surface area contributed by atoms with Gasteiger partial charge >= 0.3 is 5.97 Å². The van der Waals surface area contributed by atoms with E-state index in [0.29, 0.717) is 13.0 Å². The molecular formula is C63H122O9. The van der Waals surface area contributed by atoms with E-state index in [-0.39, 0.29) is 19.2 Å². The van der Waals surface area contributed by atoms with Crippen LogP contribution in [0.4, 0.5) is 0 Å². The lowest BCUT2D eigenvalue weighted by molar-refractivity contribution is -0.305. The number of rotatable bonds is 57. The van der Waals surface area contributed by atoms with Crippen LogP contribution < -0.4 is 0 Å². The van der Waals surface area contributed by atoms with Crippen LogP contribution in [0.1, 0.15) is 322 Å². The van der Waals surface area contributed by atoms with Crippen LogP contribution in [0.25, 0.3) is 0 Å². The van der Waals surface area contributed by atoms with Crippen LogP contribution in [0.15, 0.2) is 12.2 Å². The fraction of sp³-hybridized carbons (Fsp3) is 0.952. The second-order valence-electron chi connectivity index (χ2n) is 22.2. The Morgan fingerprint density at radius 1 is 0.431 bits per heavy atom. The zero-order chi connectivity index (χ0) is 52.1. The maximum Gasteiger partial charge on any atom is 0.306 e. The van der Waals surface area contributed by atoms with Gasteiger partial charge in [0.25, 0.3) is 0 Å². The van der Waals surface area contributed by atoms with Crippen molar-refractivity contribution >= 4 is 5.97 Å². The molecule has 1 aliphatic rings. The van der Waals surface area contributed by atoms with Gasteiger partial charge in [0.2, 0.25) is 0 Å². The molecule has 1 saturated heterocycles. The van der Waals surface area contributed by atoms with E-state index in [1.165, 1.54) is 270 Å². The number of hydrogen-bond acceptors (Lipinski definition) is 9. The number of aliphatic hydroxyl groups excluding tert-OH is 4. The van der Waals surface area contributed by atoms with Crippen molar-refractivity contribution in [2.45, 2.75) is 359 Å². The van der Waals surface area contributed by atoms with Gasteiger partial charge in [-0.2, -0.15) is 0 Å². The van der Waals surface area contributed by atoms with Gasteiger partial charge in [0.05, 0.1) is 19.8 Å². The van der Waals surface area contributed by atoms with Gasteiger partial charge in [0.15, 0.2) is 6.29 Å². The molecule has 0 spiro atoms. The molecule has 1 rings (SSSR count). The number of carbonyl (C=O) groups excluding carboxylic acids is 1. The van der Waals surface area contributed by atoms with Crippen molar-refractivity contribution in [1.29, 1.82) is 0 Å². The summed E-state index contributed by atoms with van der Waals surface area (Å²) in [6, 6.07) is 0. The first kappa shape index (κ1) is 68.9. The number of ether oxygens (including phenoxy) is 4. The molecule has 0 amide bonds. The molecule has 0 saturated carbocycles. The summed E-state index contributed by atoms with van der Waals surface area (Å²) in [6.07, 6.45) is 59.9. The highest BCUT2D eigenvalue weighted by atomic mass is 16.7. The third-order valence-electron chi connectivity index (χ3n) is 15.2. The van der Waals surface area contributed by atoms with Crippen LogP contribution in [0.3, 0.4) is 0 Å². The van der Waals surface area contributed by atoms with Crippen LogP contribution in [-0.2, 0) is 23.7 Å². The molecule has 0 aliphatic carbocycles. The lowest BCUT2D eigenvalue weighted by atomic mass is 9.99. The van der Waals surface area contributed by atoms with Gasteiger partial charge < -0.3 is 39.4 Å². The highest BCUT2D eigenvalue weighted by Crippen LogP contribution is 2.23. The molecule has 0 aromatic carbocycles. The predicted molar refractivity (Wildman–Crippen MR) is 303 cm³/mol. The van der Waals surface area contributed by atoms with E-state index in [1.807, 2.05) is 0 Å². The van der Waals surface area contributed by atoms with Crippen molar-refractivity contribution in [3.05, 3.63) is 12.2 Å². The quantitative estimate of drug-likeness (QED) is 0.0267. The fourth-order valence-electron chi connectivity index (χ4n) is 10.3. The molecule has 428 valence electrons. The molecule has 1 aliphatic heterocycles. The summed E-state index contributed by atoms with van der Waals surface area (Å²) < 4.78 is 23.0. The van der Waals surface area contributed by atoms with Crippen molar-refractivity contribution in [2.24, 2.45) is 0 Å². The van der Waals surface area contributed by atoms with Crippen LogP contribution >= 0.6 is 0 Å². The summed E-state index contributed by atoms with van der Waals surface area (Å²) in [4.78, 5) is 12.9. The zero-order valence-electron chi connectivity index (χ0n) is 47.7. The van der Waals surface area contributed by atoms with Gasteiger partial charge in [0.1, 0.15) is 30.5 Å². The van der Waals surface area contributed by atoms with Gasteiger partial charge in [-0.15, -0.1) is 0 Å². The molecule has 4 N–H and O–H groups in total. The molecule has 0 bridgehead atoms. The lowest BCUT2D eigenvalue weighted by Gasteiger charge is -2.39. The maximum absolute atomic E-state index is 12.9. The van der Waals surface area contributed by atoms with E-state index in [0.717, 1.165) is 32.1 Å². The topological polar surface area (TPSA) is 135 Å². The van der Waals surface area contributed by atoms with Gasteiger partial charge in [-0.1, -0.05) is 289 Å². The van der Waals surface area contributed by atoms with E-state index in [4.69, 9.17) is 18.9 Å². The lowest BCUT2D eigenvalue weighted by Crippen LogP contribution is -2.59. The van der Waals surface area contributed by atoms with Gasteiger partial charge in [-0.25, -0.2) is 0 Å². The molecule has 9 nitrogen and oxygen atoms in total. The number of esters is 1. The summed E-state index contributed by atoms with van der Waals surface area (Å²) in [5, 5.41) is 40.4. The number of carbonyl (C=O) groups is 1. The van der Waals surface area contributed by atoms with Crippen molar-refractivity contribution in [3.8, 4) is 0 Å². The zero-order valence-corrected chi connectivity index (χ0v) is 47.7. The van der Waals surface area contributed by atoms with E-state index in [1.54, 1.807) is 0 Å². The molecule has 6 atom stereocenters. The normalized spacial score (nSPS) is 18.7. The highest BCUT2D eigenvalue weighted by Gasteiger charge is 2.44. The first-order valence-electron chi connectivity index (χ1n) is 31.8. The Morgan fingerprint density at radius 2 is 0.764 bits per heavy atom. The van der Waals surface area contributed by atoms with Crippen molar-refractivity contribution < 1.29 is 44.2 Å². The first-order chi connectivity index (χ1) is 35.4. The van der Waals surface area contributed by atoms with E-state index in [2.05, 4.69) is 26.0 Å². The van der Waals surface area contributed by atoms with E-state index in [9.17, 15) is 25.2 Å². The Labute approximate surface area is 445 Å². The molecule has 72 heavy (non-hydrogen) atoms. The molecule has 1 heterocycles. The van der Waals surface area contributed by atoms with Crippen molar-refractivity contribution in [1.82, 2.24) is 0 Å². The summed E-state index contributed by atoms with van der Waals surface area (Å²) in [6.45, 7) is 4.64. The van der Waals surface area contributed by atoms with Crippen LogP contribution in [0.2, 0.25) is 0 Å². The SMILES string of the molecule is CCCCCCCCCC/C=C\CCCCCCCCCCCCCCOCC(COC1OC(CO)C(O)C(O)C1O)OC(=O)CCCCCCCCCCCCCCCCCCCCCCCCCCC. The van der Waals surface area contributed by atoms with Crippen LogP contribution in [-0.4, -0.2) is 89.6 Å². The highest BCUT2D eigenvalue weighted by molar-refractivity contribution is 5.69. The predicted octanol–water partition coefficient (Wildman–Crippen LogP) is 17.1. The monoisotopic (exact) mass is 1020 g/mol. The van der Waals surface area contributed by atoms with Gasteiger partial charge in [-0.3, -0.25) is 4.79 Å². The minimum absolute atomic E-state index is 0.106. The largest absolute Gasteiger partial charge is 0.457 e. The maximum atomic E-state index is 12.9. The number of allylic oxidation sites excluding steroid dienone is 2. The van der Waals surface area contributed by atoms with Crippen molar-refractivity contribution in [3.63, 3.8) is 0 Å². The average molecular weight is 1020 g/mol. The molecule has 0 radical (unpaired) electrons. The molecule has 9 heteroatoms. The van der Waals surface area contributed by atoms with Gasteiger partial charge in [-0.05, 0) is 38.5 Å². The third-order valence-corrected chi connectivity index (χ3v) is 15.2. The summed E-state index contributed by atoms with van der Waals surface area (Å²) in [5.41, 5.74) is 0. The molecule has 6 unspecified atom stereocenters. The standard InChI is InChI=1S/C63H122O9/c1-3-5-7-9-11-13-15-17-19-21-23-25-27-29-30-32-34-36-38-40-42-44-46-48-50-52-59(65)71-57(56-70-63-62(68)61(67)60(66)58(54-64)72-63)55-69-53-51-49-47-45-43-41-39-37-35-33-31-28-26-24-22-20-18-16-14-12-10-8-6-4-2/h22,24,57-58,60-64,66-68H,3-21,23,25-56H2,1-2H3/b24-22-. The van der Waals surface area contributed by atoms with Crippen LogP contribution in [0.5, 0.6) is 0 Å².